The number of amides is 1. The van der Waals surface area contributed by atoms with Gasteiger partial charge in [-0.15, -0.1) is 0 Å². The molecule has 3 heterocycles. The van der Waals surface area contributed by atoms with E-state index in [1.807, 2.05) is 19.1 Å². The summed E-state index contributed by atoms with van der Waals surface area (Å²) in [6.45, 7) is 6.57. The number of carbonyl (C=O) groups is 1. The first kappa shape index (κ1) is 20.2. The largest absolute Gasteiger partial charge is 0.486 e. The van der Waals surface area contributed by atoms with Crippen molar-refractivity contribution in [3.05, 3.63) is 39.8 Å². The molecule has 1 fully saturated rings. The number of ether oxygens (including phenoxy) is 2. The predicted molar refractivity (Wildman–Crippen MR) is 113 cm³/mol. The standard InChI is InChI=1S/C21H27N5O4/c1-13-14(2)22-21(25-20(13)28)24-15-5-7-26(8-6-15)12-19(27)23-16-3-4-17-18(11-16)30-10-9-29-17/h3-4,11,15H,5-10,12H2,1-2H3,(H,23,27)(H2,22,24,25,28). The van der Waals surface area contributed by atoms with Gasteiger partial charge in [-0.2, -0.15) is 0 Å². The van der Waals surface area contributed by atoms with E-state index >= 15 is 0 Å². The fourth-order valence-corrected chi connectivity index (χ4v) is 3.67. The average molecular weight is 413 g/mol. The number of carbonyl (C=O) groups excluding carboxylic acids is 1. The zero-order valence-corrected chi connectivity index (χ0v) is 17.3. The van der Waals surface area contributed by atoms with Crippen LogP contribution >= 0.6 is 0 Å². The van der Waals surface area contributed by atoms with E-state index in [-0.39, 0.29) is 17.5 Å². The molecule has 1 saturated heterocycles. The quantitative estimate of drug-likeness (QED) is 0.684. The van der Waals surface area contributed by atoms with Crippen LogP contribution in [0.5, 0.6) is 11.5 Å². The number of hydrogen-bond acceptors (Lipinski definition) is 7. The highest BCUT2D eigenvalue weighted by Crippen LogP contribution is 2.32. The highest BCUT2D eigenvalue weighted by Gasteiger charge is 2.22. The number of fused-ring (bicyclic) bond motifs is 1. The summed E-state index contributed by atoms with van der Waals surface area (Å²) in [4.78, 5) is 33.7. The van der Waals surface area contributed by atoms with Crippen LogP contribution in [0.3, 0.4) is 0 Å². The maximum absolute atomic E-state index is 12.4. The molecule has 9 heteroatoms. The minimum absolute atomic E-state index is 0.0572. The molecule has 2 aliphatic heterocycles. The minimum atomic E-state index is -0.113. The van der Waals surface area contributed by atoms with Gasteiger partial charge in [0.2, 0.25) is 11.9 Å². The Balaban J connectivity index is 1.25. The highest BCUT2D eigenvalue weighted by molar-refractivity contribution is 5.92. The fraction of sp³-hybridized carbons (Fsp3) is 0.476. The molecule has 3 N–H and O–H groups in total. The molecule has 2 aliphatic rings. The number of piperidine rings is 1. The second-order valence-corrected chi connectivity index (χ2v) is 7.73. The lowest BCUT2D eigenvalue weighted by Gasteiger charge is -2.32. The summed E-state index contributed by atoms with van der Waals surface area (Å²) in [6.07, 6.45) is 1.74. The van der Waals surface area contributed by atoms with Crippen molar-refractivity contribution in [1.82, 2.24) is 14.9 Å². The van der Waals surface area contributed by atoms with Crippen LogP contribution in [0.4, 0.5) is 11.6 Å². The van der Waals surface area contributed by atoms with E-state index in [1.165, 1.54) is 0 Å². The van der Waals surface area contributed by atoms with E-state index < -0.39 is 0 Å². The number of aromatic amines is 1. The zero-order valence-electron chi connectivity index (χ0n) is 17.3. The molecule has 1 aromatic heterocycles. The van der Waals surface area contributed by atoms with Crippen LogP contribution in [-0.4, -0.2) is 59.7 Å². The summed E-state index contributed by atoms with van der Waals surface area (Å²) in [5.41, 5.74) is 1.96. The molecule has 4 rings (SSSR count). The third-order valence-corrected chi connectivity index (χ3v) is 5.52. The van der Waals surface area contributed by atoms with E-state index in [4.69, 9.17) is 9.47 Å². The van der Waals surface area contributed by atoms with Crippen LogP contribution in [0.15, 0.2) is 23.0 Å². The van der Waals surface area contributed by atoms with Crippen molar-refractivity contribution in [2.24, 2.45) is 0 Å². The lowest BCUT2D eigenvalue weighted by atomic mass is 10.1. The van der Waals surface area contributed by atoms with Crippen molar-refractivity contribution < 1.29 is 14.3 Å². The Hall–Kier alpha value is -3.07. The molecular formula is C21H27N5O4. The Morgan fingerprint density at radius 3 is 2.67 bits per heavy atom. The van der Waals surface area contributed by atoms with Gasteiger partial charge in [0.1, 0.15) is 13.2 Å². The van der Waals surface area contributed by atoms with E-state index in [9.17, 15) is 9.59 Å². The lowest BCUT2D eigenvalue weighted by Crippen LogP contribution is -2.43. The third kappa shape index (κ3) is 4.73. The monoisotopic (exact) mass is 413 g/mol. The summed E-state index contributed by atoms with van der Waals surface area (Å²) in [5.74, 6) is 1.81. The van der Waals surface area contributed by atoms with E-state index in [1.54, 1.807) is 13.0 Å². The number of hydrogen-bond donors (Lipinski definition) is 3. The molecule has 0 unspecified atom stereocenters. The Bertz CT molecular complexity index is 982. The molecule has 30 heavy (non-hydrogen) atoms. The van der Waals surface area contributed by atoms with E-state index in [0.717, 1.165) is 31.6 Å². The smallest absolute Gasteiger partial charge is 0.255 e. The summed E-state index contributed by atoms with van der Waals surface area (Å²) in [7, 11) is 0. The molecular weight excluding hydrogens is 386 g/mol. The summed E-state index contributed by atoms with van der Waals surface area (Å²) >= 11 is 0. The Morgan fingerprint density at radius 1 is 1.20 bits per heavy atom. The maximum Gasteiger partial charge on any atom is 0.255 e. The number of likely N-dealkylation sites (tertiary alicyclic amines) is 1. The zero-order chi connectivity index (χ0) is 21.1. The van der Waals surface area contributed by atoms with Crippen molar-refractivity contribution in [3.63, 3.8) is 0 Å². The van der Waals surface area contributed by atoms with Gasteiger partial charge in [0.15, 0.2) is 11.5 Å². The van der Waals surface area contributed by atoms with Crippen molar-refractivity contribution in [2.45, 2.75) is 32.7 Å². The molecule has 0 radical (unpaired) electrons. The van der Waals surface area contributed by atoms with Gasteiger partial charge < -0.3 is 20.1 Å². The molecule has 0 spiro atoms. The Kier molecular flexibility index (Phi) is 5.89. The Labute approximate surface area is 174 Å². The van der Waals surface area contributed by atoms with Gasteiger partial charge >= 0.3 is 0 Å². The Morgan fingerprint density at radius 2 is 1.93 bits per heavy atom. The molecule has 1 aromatic carbocycles. The van der Waals surface area contributed by atoms with Gasteiger partial charge in [-0.25, -0.2) is 4.98 Å². The predicted octanol–water partition coefficient (Wildman–Crippen LogP) is 1.67. The van der Waals surface area contributed by atoms with Gasteiger partial charge in [0.25, 0.3) is 5.56 Å². The van der Waals surface area contributed by atoms with E-state index in [2.05, 4.69) is 25.5 Å². The SMILES string of the molecule is Cc1nc(NC2CCN(CC(=O)Nc3ccc4c(c3)OCCO4)CC2)[nH]c(=O)c1C. The number of rotatable bonds is 5. The topological polar surface area (TPSA) is 109 Å². The second-order valence-electron chi connectivity index (χ2n) is 7.73. The average Bonchev–Trinajstić information content (AvgIpc) is 2.73. The van der Waals surface area contributed by atoms with Gasteiger partial charge in [0.05, 0.1) is 6.54 Å². The fourth-order valence-electron chi connectivity index (χ4n) is 3.67. The van der Waals surface area contributed by atoms with Gasteiger partial charge in [-0.3, -0.25) is 19.5 Å². The number of anilines is 2. The highest BCUT2D eigenvalue weighted by atomic mass is 16.6. The van der Waals surface area contributed by atoms with Crippen molar-refractivity contribution in [2.75, 3.05) is 43.5 Å². The number of H-pyrrole nitrogens is 1. The van der Waals surface area contributed by atoms with Gasteiger partial charge in [-0.1, -0.05) is 0 Å². The molecule has 0 bridgehead atoms. The first-order valence-corrected chi connectivity index (χ1v) is 10.2. The number of nitrogens with one attached hydrogen (secondary N) is 3. The first-order valence-electron chi connectivity index (χ1n) is 10.2. The number of aromatic nitrogens is 2. The van der Waals surface area contributed by atoms with Crippen LogP contribution in [-0.2, 0) is 4.79 Å². The summed E-state index contributed by atoms with van der Waals surface area (Å²) in [6, 6.07) is 5.64. The van der Waals surface area contributed by atoms with E-state index in [0.29, 0.717) is 48.5 Å². The molecule has 0 aliphatic carbocycles. The molecule has 2 aromatic rings. The molecule has 160 valence electrons. The lowest BCUT2D eigenvalue weighted by molar-refractivity contribution is -0.117. The molecule has 9 nitrogen and oxygen atoms in total. The van der Waals surface area contributed by atoms with Gasteiger partial charge in [0, 0.05) is 42.1 Å². The molecule has 0 atom stereocenters. The summed E-state index contributed by atoms with van der Waals surface area (Å²) < 4.78 is 11.1. The molecule has 0 saturated carbocycles. The second kappa shape index (κ2) is 8.74. The minimum Gasteiger partial charge on any atom is -0.486 e. The first-order chi connectivity index (χ1) is 14.5. The maximum atomic E-state index is 12.4. The van der Waals surface area contributed by atoms with Crippen LogP contribution in [0.1, 0.15) is 24.1 Å². The van der Waals surface area contributed by atoms with Crippen LogP contribution in [0, 0.1) is 13.8 Å². The van der Waals surface area contributed by atoms with Crippen LogP contribution in [0.25, 0.3) is 0 Å². The third-order valence-electron chi connectivity index (χ3n) is 5.52. The van der Waals surface area contributed by atoms with Crippen LogP contribution in [0.2, 0.25) is 0 Å². The number of aryl methyl sites for hydroxylation is 1. The van der Waals surface area contributed by atoms with Crippen molar-refractivity contribution in [3.8, 4) is 11.5 Å². The van der Waals surface area contributed by atoms with Crippen molar-refractivity contribution in [1.29, 1.82) is 0 Å². The molecule has 1 amide bonds. The summed E-state index contributed by atoms with van der Waals surface area (Å²) in [5, 5.41) is 6.24. The number of nitrogens with zero attached hydrogens (tertiary/aromatic N) is 2. The van der Waals surface area contributed by atoms with Crippen molar-refractivity contribution >= 4 is 17.5 Å². The van der Waals surface area contributed by atoms with Crippen LogP contribution < -0.4 is 25.7 Å². The normalized spacial score (nSPS) is 16.9. The number of benzene rings is 1. The van der Waals surface area contributed by atoms with Gasteiger partial charge in [-0.05, 0) is 38.8 Å².